The number of carbonyl (C=O) groups is 2. The fourth-order valence-corrected chi connectivity index (χ4v) is 11.3. The molecule has 3 unspecified atom stereocenters. The molecule has 10 heteroatoms. The minimum atomic E-state index is -4.47. The van der Waals surface area contributed by atoms with E-state index >= 15 is 0 Å². The standard InChI is InChI=1S/C81H143N2O7P/c1-7-10-13-16-19-22-25-27-29-31-33-35-37-39-41-43-45-47-49-51-53-55-58-61-64-67-70-73-80(84)82-78(77-89-91(86,87)88-76-75-83(4,5)6)79(72-69-66-63-60-57-24-21-18-15-12-9-3)90-81(85)74-71-68-65-62-59-56-54-52-50-48-46-44-42-40-38-36-34-32-30-28-26-23-20-17-14-11-8-2/h11,14,19-20,22-23,27-30,33-36,40,42,46,48,69,72,78-79H,7-10,12-13,15-18,21,24-26,31-32,37-39,41,43-45,47,49-68,70-71,73-77H2,1-6H3,(H-,82,84,86,87)/p+1/b14-11-,22-19-,23-20-,29-27-,30-28-,35-33-,36-34-,42-40-,48-46-,72-69+. The Morgan fingerprint density at radius 1 is 0.396 bits per heavy atom. The Morgan fingerprint density at radius 2 is 0.703 bits per heavy atom. The molecule has 0 aliphatic heterocycles. The number of ether oxygens (including phenoxy) is 1. The molecular formula is C81H144N2O7P+. The van der Waals surface area contributed by atoms with Crippen molar-refractivity contribution in [3.63, 3.8) is 0 Å². The highest BCUT2D eigenvalue weighted by molar-refractivity contribution is 7.47. The van der Waals surface area contributed by atoms with Gasteiger partial charge in [-0.2, -0.15) is 0 Å². The van der Waals surface area contributed by atoms with E-state index in [9.17, 15) is 19.0 Å². The molecule has 0 saturated heterocycles. The molecule has 0 aliphatic carbocycles. The summed E-state index contributed by atoms with van der Waals surface area (Å²) in [5.74, 6) is -0.514. The first-order chi connectivity index (χ1) is 44.4. The Bertz CT molecular complexity index is 1970. The van der Waals surface area contributed by atoms with Crippen molar-refractivity contribution in [3.8, 4) is 0 Å². The second-order valence-electron chi connectivity index (χ2n) is 26.4. The molecule has 0 aromatic carbocycles. The molecule has 0 rings (SSSR count). The highest BCUT2D eigenvalue weighted by Gasteiger charge is 2.30. The maximum atomic E-state index is 13.6. The van der Waals surface area contributed by atoms with Crippen LogP contribution in [0.2, 0.25) is 0 Å². The van der Waals surface area contributed by atoms with Gasteiger partial charge < -0.3 is 19.4 Å². The van der Waals surface area contributed by atoms with Crippen LogP contribution in [0.4, 0.5) is 0 Å². The van der Waals surface area contributed by atoms with Gasteiger partial charge in [0.1, 0.15) is 19.3 Å². The molecule has 524 valence electrons. The lowest BCUT2D eigenvalue weighted by molar-refractivity contribution is -0.870. The van der Waals surface area contributed by atoms with Crippen LogP contribution in [-0.4, -0.2) is 74.3 Å². The molecule has 0 saturated carbocycles. The topological polar surface area (TPSA) is 111 Å². The van der Waals surface area contributed by atoms with E-state index in [4.69, 9.17) is 13.8 Å². The van der Waals surface area contributed by atoms with E-state index in [1.54, 1.807) is 0 Å². The van der Waals surface area contributed by atoms with Crippen molar-refractivity contribution in [2.45, 2.75) is 341 Å². The normalized spacial score (nSPS) is 14.1. The first kappa shape index (κ1) is 87.4. The monoisotopic (exact) mass is 1290 g/mol. The molecule has 0 radical (unpaired) electrons. The zero-order valence-corrected chi connectivity index (χ0v) is 60.9. The molecule has 3 atom stereocenters. The third-order valence-corrected chi connectivity index (χ3v) is 17.4. The van der Waals surface area contributed by atoms with Crippen molar-refractivity contribution in [1.82, 2.24) is 5.32 Å². The molecule has 0 fully saturated rings. The van der Waals surface area contributed by atoms with Gasteiger partial charge in [0, 0.05) is 12.8 Å². The van der Waals surface area contributed by atoms with E-state index in [2.05, 4.69) is 135 Å². The van der Waals surface area contributed by atoms with Gasteiger partial charge in [0.25, 0.3) is 0 Å². The van der Waals surface area contributed by atoms with E-state index < -0.39 is 20.0 Å². The largest absolute Gasteiger partial charge is 0.472 e. The van der Waals surface area contributed by atoms with Crippen LogP contribution in [0.25, 0.3) is 0 Å². The maximum absolute atomic E-state index is 13.6. The van der Waals surface area contributed by atoms with Crippen molar-refractivity contribution in [2.75, 3.05) is 40.9 Å². The van der Waals surface area contributed by atoms with Crippen LogP contribution < -0.4 is 5.32 Å². The van der Waals surface area contributed by atoms with E-state index in [0.717, 1.165) is 122 Å². The van der Waals surface area contributed by atoms with Crippen LogP contribution in [0.15, 0.2) is 122 Å². The quantitative estimate of drug-likeness (QED) is 0.0205. The summed E-state index contributed by atoms with van der Waals surface area (Å²) >= 11 is 0. The first-order valence-corrected chi connectivity index (χ1v) is 39.4. The van der Waals surface area contributed by atoms with Gasteiger partial charge >= 0.3 is 13.8 Å². The highest BCUT2D eigenvalue weighted by Crippen LogP contribution is 2.43. The van der Waals surface area contributed by atoms with Crippen molar-refractivity contribution >= 4 is 19.7 Å². The number of allylic oxidation sites excluding steroid dienone is 19. The Morgan fingerprint density at radius 3 is 1.08 bits per heavy atom. The summed E-state index contributed by atoms with van der Waals surface area (Å²) in [7, 11) is 1.48. The van der Waals surface area contributed by atoms with Gasteiger partial charge in [-0.15, -0.1) is 0 Å². The molecule has 91 heavy (non-hydrogen) atoms. The second kappa shape index (κ2) is 69.2. The van der Waals surface area contributed by atoms with Crippen molar-refractivity contribution in [3.05, 3.63) is 122 Å². The summed E-state index contributed by atoms with van der Waals surface area (Å²) in [4.78, 5) is 38.0. The number of hydrogen-bond donors (Lipinski definition) is 2. The number of nitrogens with zero attached hydrogens (tertiary/aromatic N) is 1. The zero-order chi connectivity index (χ0) is 66.3. The first-order valence-electron chi connectivity index (χ1n) is 37.9. The highest BCUT2D eigenvalue weighted by atomic mass is 31.2. The van der Waals surface area contributed by atoms with Crippen molar-refractivity contribution in [1.29, 1.82) is 0 Å². The van der Waals surface area contributed by atoms with Crippen LogP contribution in [0.1, 0.15) is 329 Å². The van der Waals surface area contributed by atoms with Crippen LogP contribution >= 0.6 is 7.82 Å². The van der Waals surface area contributed by atoms with Crippen molar-refractivity contribution < 1.29 is 37.3 Å². The predicted molar refractivity (Wildman–Crippen MR) is 396 cm³/mol. The van der Waals surface area contributed by atoms with Gasteiger partial charge in [0.15, 0.2) is 0 Å². The average molecular weight is 1290 g/mol. The summed E-state index contributed by atoms with van der Waals surface area (Å²) in [6.07, 6.45) is 97.9. The lowest BCUT2D eigenvalue weighted by atomic mass is 10.0. The third kappa shape index (κ3) is 70.6. The number of hydrogen-bond acceptors (Lipinski definition) is 6. The molecule has 0 aromatic heterocycles. The number of phosphoric acid groups is 1. The predicted octanol–water partition coefficient (Wildman–Crippen LogP) is 24.6. The van der Waals surface area contributed by atoms with Gasteiger partial charge in [-0.25, -0.2) is 4.57 Å². The number of unbranched alkanes of at least 4 members (excludes halogenated alkanes) is 34. The Hall–Kier alpha value is -3.59. The number of phosphoric ester groups is 1. The Labute approximate surface area is 563 Å². The van der Waals surface area contributed by atoms with Crippen LogP contribution in [0.5, 0.6) is 0 Å². The number of nitrogens with one attached hydrogen (secondary N) is 1. The lowest BCUT2D eigenvalue weighted by Gasteiger charge is -2.27. The van der Waals surface area contributed by atoms with Gasteiger partial charge in [0.05, 0.1) is 33.8 Å². The van der Waals surface area contributed by atoms with Crippen molar-refractivity contribution in [2.24, 2.45) is 0 Å². The van der Waals surface area contributed by atoms with Gasteiger partial charge in [0.2, 0.25) is 5.91 Å². The molecule has 0 aliphatic rings. The summed E-state index contributed by atoms with van der Waals surface area (Å²) in [5.41, 5.74) is 0. The fourth-order valence-electron chi connectivity index (χ4n) is 10.6. The molecular weight excluding hydrogens is 1140 g/mol. The molecule has 0 heterocycles. The number of rotatable bonds is 68. The number of likely N-dealkylation sites (N-methyl/N-ethyl adjacent to an activating group) is 1. The SMILES string of the molecule is CC/C=C\C/C=C\C/C=C\C/C=C\C/C=C\C/C=C\CCCCCCCCCCC(=O)OC(/C=C/CCCCCCCCCCC)C(COP(=O)(O)OCC[N+](C)(C)C)NC(=O)CCCCCCCCCCCCCCCC/C=C\C/C=C\C/C=C\CCCCC. The number of esters is 1. The molecule has 2 N–H and O–H groups in total. The number of quaternary nitrogens is 1. The smallest absolute Gasteiger partial charge is 0.456 e. The summed E-state index contributed by atoms with van der Waals surface area (Å²) in [5, 5.41) is 3.07. The fraction of sp³-hybridized carbons (Fsp3) is 0.728. The van der Waals surface area contributed by atoms with E-state index in [-0.39, 0.29) is 31.5 Å². The molecule has 0 bridgehead atoms. The summed E-state index contributed by atoms with van der Waals surface area (Å²) < 4.78 is 30.9. The van der Waals surface area contributed by atoms with E-state index in [1.807, 2.05) is 33.3 Å². The number of amides is 1. The summed E-state index contributed by atoms with van der Waals surface area (Å²) in [6, 6.07) is -0.861. The molecule has 1 amide bonds. The van der Waals surface area contributed by atoms with Gasteiger partial charge in [-0.3, -0.25) is 18.6 Å². The Kier molecular flexibility index (Phi) is 66.5. The van der Waals surface area contributed by atoms with E-state index in [0.29, 0.717) is 17.4 Å². The minimum absolute atomic E-state index is 0.0340. The molecule has 0 spiro atoms. The number of carbonyl (C=O) groups excluding carboxylic acids is 2. The van der Waals surface area contributed by atoms with Crippen LogP contribution in [-0.2, 0) is 27.9 Å². The average Bonchev–Trinajstić information content (AvgIpc) is 3.03. The maximum Gasteiger partial charge on any atom is 0.472 e. The zero-order valence-electron chi connectivity index (χ0n) is 60.1. The van der Waals surface area contributed by atoms with Gasteiger partial charge in [-0.1, -0.05) is 316 Å². The Balaban J connectivity index is 4.97. The van der Waals surface area contributed by atoms with Crippen LogP contribution in [0, 0.1) is 0 Å². The lowest BCUT2D eigenvalue weighted by Crippen LogP contribution is -2.47. The second-order valence-corrected chi connectivity index (χ2v) is 27.9. The summed E-state index contributed by atoms with van der Waals surface area (Å²) in [6.45, 7) is 6.88. The van der Waals surface area contributed by atoms with E-state index in [1.165, 1.54) is 173 Å². The molecule has 0 aromatic rings. The van der Waals surface area contributed by atoms with Gasteiger partial charge in [-0.05, 0) is 122 Å². The van der Waals surface area contributed by atoms with Crippen LogP contribution in [0.3, 0.4) is 0 Å². The minimum Gasteiger partial charge on any atom is -0.456 e. The third-order valence-electron chi connectivity index (χ3n) is 16.4. The molecule has 9 nitrogen and oxygen atoms in total.